The molecule has 3 rings (SSSR count). The maximum absolute atomic E-state index is 12.4. The Hall–Kier alpha value is -3.54. The van der Waals surface area contributed by atoms with Crippen molar-refractivity contribution in [3.63, 3.8) is 0 Å². The van der Waals surface area contributed by atoms with E-state index in [4.69, 9.17) is 15.0 Å². The van der Waals surface area contributed by atoms with Gasteiger partial charge in [-0.25, -0.2) is 0 Å². The molecule has 0 saturated heterocycles. The summed E-state index contributed by atoms with van der Waals surface area (Å²) < 4.78 is 10.6. The first kappa shape index (κ1) is 17.3. The van der Waals surface area contributed by atoms with E-state index in [-0.39, 0.29) is 5.91 Å². The smallest absolute Gasteiger partial charge is 0.257 e. The van der Waals surface area contributed by atoms with Crippen LogP contribution in [0.5, 0.6) is 5.75 Å². The van der Waals surface area contributed by atoms with Gasteiger partial charge in [-0.2, -0.15) is 0 Å². The van der Waals surface area contributed by atoms with E-state index in [1.165, 1.54) is 0 Å². The van der Waals surface area contributed by atoms with Crippen LogP contribution in [-0.4, -0.2) is 25.2 Å². The predicted molar refractivity (Wildman–Crippen MR) is 102 cm³/mol. The molecular formula is C20H19N3O3. The average Bonchev–Trinajstić information content (AvgIpc) is 3.10. The maximum atomic E-state index is 12.4. The van der Waals surface area contributed by atoms with Crippen molar-refractivity contribution >= 4 is 23.7 Å². The van der Waals surface area contributed by atoms with Crippen LogP contribution < -0.4 is 15.8 Å². The number of nitrogens with zero attached hydrogens (tertiary/aromatic N) is 1. The lowest BCUT2D eigenvalue weighted by atomic mass is 10.0. The molecule has 0 unspecified atom stereocenters. The zero-order valence-corrected chi connectivity index (χ0v) is 14.5. The van der Waals surface area contributed by atoms with Crippen LogP contribution in [0.2, 0.25) is 0 Å². The van der Waals surface area contributed by atoms with Crippen molar-refractivity contribution in [2.45, 2.75) is 0 Å². The van der Waals surface area contributed by atoms with Crippen molar-refractivity contribution in [3.8, 4) is 17.0 Å². The molecule has 26 heavy (non-hydrogen) atoms. The number of carbonyl (C=O) groups is 1. The fourth-order valence-electron chi connectivity index (χ4n) is 2.54. The summed E-state index contributed by atoms with van der Waals surface area (Å²) in [6.45, 7) is 0. The van der Waals surface area contributed by atoms with Gasteiger partial charge < -0.3 is 20.3 Å². The van der Waals surface area contributed by atoms with Gasteiger partial charge in [0.2, 0.25) is 0 Å². The van der Waals surface area contributed by atoms with Crippen molar-refractivity contribution in [2.24, 2.45) is 0 Å². The summed E-state index contributed by atoms with van der Waals surface area (Å²) in [7, 11) is 3.16. The molecule has 1 amide bonds. The standard InChI is InChI=1S/C20H19N3O3/c1-22-20(24)18-17(12-9-13-5-3-4-6-16(13)21)26-23-19(18)14-7-10-15(25-2)11-8-14/h3-12H,21H2,1-2H3,(H,22,24). The molecule has 0 radical (unpaired) electrons. The molecule has 0 bridgehead atoms. The quantitative estimate of drug-likeness (QED) is 0.689. The Morgan fingerprint density at radius 1 is 1.15 bits per heavy atom. The number of benzene rings is 2. The van der Waals surface area contributed by atoms with Gasteiger partial charge in [0.05, 0.1) is 7.11 Å². The minimum absolute atomic E-state index is 0.280. The number of rotatable bonds is 5. The third-order valence-corrected chi connectivity index (χ3v) is 3.95. The van der Waals surface area contributed by atoms with Crippen LogP contribution in [-0.2, 0) is 0 Å². The number of para-hydroxylation sites is 1. The van der Waals surface area contributed by atoms with Gasteiger partial charge in [0, 0.05) is 18.3 Å². The highest BCUT2D eigenvalue weighted by Crippen LogP contribution is 2.28. The molecule has 6 heteroatoms. The Kier molecular flexibility index (Phi) is 5.03. The van der Waals surface area contributed by atoms with Crippen LogP contribution in [0.1, 0.15) is 21.7 Å². The number of methoxy groups -OCH3 is 1. The van der Waals surface area contributed by atoms with E-state index in [2.05, 4.69) is 10.5 Å². The zero-order chi connectivity index (χ0) is 18.5. The number of hydrogen-bond donors (Lipinski definition) is 2. The number of carbonyl (C=O) groups excluding carboxylic acids is 1. The second kappa shape index (κ2) is 7.57. The van der Waals surface area contributed by atoms with Gasteiger partial charge in [0.25, 0.3) is 5.91 Å². The number of hydrogen-bond acceptors (Lipinski definition) is 5. The summed E-state index contributed by atoms with van der Waals surface area (Å²) in [5.41, 5.74) is 9.00. The van der Waals surface area contributed by atoms with Gasteiger partial charge in [-0.3, -0.25) is 4.79 Å². The number of ether oxygens (including phenoxy) is 1. The highest BCUT2D eigenvalue weighted by atomic mass is 16.5. The van der Waals surface area contributed by atoms with Crippen LogP contribution in [0.3, 0.4) is 0 Å². The van der Waals surface area contributed by atoms with Gasteiger partial charge in [0.1, 0.15) is 17.0 Å². The molecule has 0 atom stereocenters. The van der Waals surface area contributed by atoms with E-state index in [1.54, 1.807) is 38.4 Å². The summed E-state index contributed by atoms with van der Waals surface area (Å²) >= 11 is 0. The minimum Gasteiger partial charge on any atom is -0.497 e. The lowest BCUT2D eigenvalue weighted by Gasteiger charge is -2.03. The van der Waals surface area contributed by atoms with Gasteiger partial charge in [0.15, 0.2) is 5.76 Å². The van der Waals surface area contributed by atoms with E-state index in [1.807, 2.05) is 36.4 Å². The minimum atomic E-state index is -0.280. The Morgan fingerprint density at radius 3 is 2.54 bits per heavy atom. The molecule has 1 heterocycles. The summed E-state index contributed by atoms with van der Waals surface area (Å²) in [5.74, 6) is 0.801. The Labute approximate surface area is 151 Å². The molecule has 132 valence electrons. The molecule has 3 N–H and O–H groups in total. The predicted octanol–water partition coefficient (Wildman–Crippen LogP) is 3.46. The number of aromatic nitrogens is 1. The van der Waals surface area contributed by atoms with E-state index in [0.717, 1.165) is 16.9 Å². The van der Waals surface area contributed by atoms with Crippen LogP contribution in [0.4, 0.5) is 5.69 Å². The third-order valence-electron chi connectivity index (χ3n) is 3.95. The van der Waals surface area contributed by atoms with Gasteiger partial charge >= 0.3 is 0 Å². The van der Waals surface area contributed by atoms with Crippen LogP contribution in [0, 0.1) is 0 Å². The highest BCUT2D eigenvalue weighted by molar-refractivity contribution is 6.03. The molecule has 0 aliphatic rings. The molecule has 0 fully saturated rings. The molecular weight excluding hydrogens is 330 g/mol. The Balaban J connectivity index is 2.02. The molecule has 2 aromatic carbocycles. The van der Waals surface area contributed by atoms with Crippen LogP contribution in [0.25, 0.3) is 23.4 Å². The topological polar surface area (TPSA) is 90.4 Å². The Morgan fingerprint density at radius 2 is 1.88 bits per heavy atom. The maximum Gasteiger partial charge on any atom is 0.257 e. The van der Waals surface area contributed by atoms with Crippen molar-refractivity contribution in [1.82, 2.24) is 10.5 Å². The van der Waals surface area contributed by atoms with E-state index < -0.39 is 0 Å². The summed E-state index contributed by atoms with van der Waals surface area (Å²) in [6, 6.07) is 14.7. The summed E-state index contributed by atoms with van der Waals surface area (Å²) in [5, 5.41) is 6.71. The fourth-order valence-corrected chi connectivity index (χ4v) is 2.54. The molecule has 0 aliphatic heterocycles. The SMILES string of the molecule is CNC(=O)c1c(-c2ccc(OC)cc2)noc1C=Cc1ccccc1N. The van der Waals surface area contributed by atoms with E-state index >= 15 is 0 Å². The molecule has 3 aromatic rings. The normalized spacial score (nSPS) is 10.8. The first-order valence-corrected chi connectivity index (χ1v) is 8.02. The molecule has 6 nitrogen and oxygen atoms in total. The number of amides is 1. The summed E-state index contributed by atoms with van der Waals surface area (Å²) in [4.78, 5) is 12.4. The highest BCUT2D eigenvalue weighted by Gasteiger charge is 2.21. The van der Waals surface area contributed by atoms with Crippen molar-refractivity contribution < 1.29 is 14.1 Å². The fraction of sp³-hybridized carbons (Fsp3) is 0.100. The molecule has 0 spiro atoms. The number of nitrogen functional groups attached to an aromatic ring is 1. The lowest BCUT2D eigenvalue weighted by molar-refractivity contribution is 0.0963. The van der Waals surface area contributed by atoms with Crippen molar-refractivity contribution in [2.75, 3.05) is 19.9 Å². The second-order valence-corrected chi connectivity index (χ2v) is 5.54. The van der Waals surface area contributed by atoms with Gasteiger partial charge in [-0.05, 0) is 48.0 Å². The van der Waals surface area contributed by atoms with Crippen LogP contribution in [0.15, 0.2) is 53.1 Å². The average molecular weight is 349 g/mol. The lowest BCUT2D eigenvalue weighted by Crippen LogP contribution is -2.19. The Bertz CT molecular complexity index is 943. The number of nitrogens with two attached hydrogens (primary N) is 1. The van der Waals surface area contributed by atoms with Crippen LogP contribution >= 0.6 is 0 Å². The largest absolute Gasteiger partial charge is 0.497 e. The van der Waals surface area contributed by atoms with Crippen molar-refractivity contribution in [3.05, 3.63) is 65.4 Å². The molecule has 0 aliphatic carbocycles. The third kappa shape index (κ3) is 3.44. The first-order valence-electron chi connectivity index (χ1n) is 8.02. The molecule has 1 aromatic heterocycles. The van der Waals surface area contributed by atoms with Gasteiger partial charge in [-0.1, -0.05) is 23.4 Å². The van der Waals surface area contributed by atoms with Crippen molar-refractivity contribution in [1.29, 1.82) is 0 Å². The zero-order valence-electron chi connectivity index (χ0n) is 14.5. The first-order chi connectivity index (χ1) is 12.6. The number of anilines is 1. The molecule has 0 saturated carbocycles. The summed E-state index contributed by atoms with van der Waals surface area (Å²) in [6.07, 6.45) is 3.48. The monoisotopic (exact) mass is 349 g/mol. The van der Waals surface area contributed by atoms with Gasteiger partial charge in [-0.15, -0.1) is 0 Å². The van der Waals surface area contributed by atoms with E-state index in [9.17, 15) is 4.79 Å². The second-order valence-electron chi connectivity index (χ2n) is 5.54. The van der Waals surface area contributed by atoms with E-state index in [0.29, 0.717) is 22.7 Å². The number of nitrogens with one attached hydrogen (secondary N) is 1.